The van der Waals surface area contributed by atoms with E-state index in [0.717, 1.165) is 0 Å². The van der Waals surface area contributed by atoms with Crippen LogP contribution >= 0.6 is 0 Å². The highest BCUT2D eigenvalue weighted by molar-refractivity contribution is 7.85. The number of hydrogen-bond acceptors (Lipinski definition) is 2. The van der Waals surface area contributed by atoms with E-state index in [2.05, 4.69) is 0 Å². The van der Waals surface area contributed by atoms with Crippen LogP contribution in [0, 0.1) is 11.7 Å². The second kappa shape index (κ2) is 5.91. The van der Waals surface area contributed by atoms with Crippen molar-refractivity contribution in [1.82, 2.24) is 0 Å². The number of carbonyl (C=O) groups is 1. The maximum atomic E-state index is 13.3. The summed E-state index contributed by atoms with van der Waals surface area (Å²) in [6.07, 6.45) is 0. The second-order valence-corrected chi connectivity index (χ2v) is 5.68. The highest BCUT2D eigenvalue weighted by Crippen LogP contribution is 2.16. The maximum Gasteiger partial charge on any atom is 0.319 e. The van der Waals surface area contributed by atoms with Gasteiger partial charge in [-0.15, -0.1) is 0 Å². The van der Waals surface area contributed by atoms with Crippen molar-refractivity contribution in [1.29, 1.82) is 0 Å². The van der Waals surface area contributed by atoms with Crippen LogP contribution in [-0.2, 0) is 21.3 Å². The van der Waals surface area contributed by atoms with E-state index in [1.165, 1.54) is 12.1 Å². The summed E-state index contributed by atoms with van der Waals surface area (Å²) < 4.78 is 25.2. The summed E-state index contributed by atoms with van der Waals surface area (Å²) in [5, 5.41) is 8.01. The molecule has 0 bridgehead atoms. The van der Waals surface area contributed by atoms with Gasteiger partial charge in [0.1, 0.15) is 11.1 Å². The van der Waals surface area contributed by atoms with Gasteiger partial charge in [-0.3, -0.25) is 9.00 Å². The predicted octanol–water partition coefficient (Wildman–Crippen LogP) is 2.18. The number of aliphatic carboxylic acids is 1. The number of benzene rings is 1. The van der Waals surface area contributed by atoms with Gasteiger partial charge in [-0.05, 0) is 12.0 Å². The molecule has 0 saturated heterocycles. The Kier molecular flexibility index (Phi) is 4.81. The number of hydrogen-bond donors (Lipinski definition) is 1. The van der Waals surface area contributed by atoms with Crippen LogP contribution in [0.2, 0.25) is 0 Å². The van der Waals surface area contributed by atoms with Crippen molar-refractivity contribution in [2.24, 2.45) is 5.92 Å². The predicted molar refractivity (Wildman–Crippen MR) is 64.5 cm³/mol. The third kappa shape index (κ3) is 3.63. The quantitative estimate of drug-likeness (QED) is 0.880. The molecule has 0 heterocycles. The van der Waals surface area contributed by atoms with Gasteiger partial charge in [-0.2, -0.15) is 0 Å². The first-order chi connectivity index (χ1) is 7.93. The Labute approximate surface area is 102 Å². The van der Waals surface area contributed by atoms with E-state index in [-0.39, 0.29) is 17.2 Å². The minimum Gasteiger partial charge on any atom is -0.480 e. The summed E-state index contributed by atoms with van der Waals surface area (Å²) in [6, 6.07) is 5.98. The molecule has 1 aromatic rings. The first-order valence-electron chi connectivity index (χ1n) is 5.27. The van der Waals surface area contributed by atoms with Gasteiger partial charge in [-0.1, -0.05) is 32.0 Å². The number of carboxylic acid groups (broad SMARTS) is 1. The molecular formula is C12H15FO3S. The lowest BCUT2D eigenvalue weighted by Gasteiger charge is -2.15. The molecular weight excluding hydrogens is 243 g/mol. The first kappa shape index (κ1) is 13.8. The molecule has 1 rings (SSSR count). The zero-order valence-corrected chi connectivity index (χ0v) is 10.5. The molecule has 3 nitrogen and oxygen atoms in total. The van der Waals surface area contributed by atoms with Crippen molar-refractivity contribution in [2.75, 3.05) is 0 Å². The summed E-state index contributed by atoms with van der Waals surface area (Å²) in [7, 11) is -1.62. The SMILES string of the molecule is CC(C)C(C(=O)O)S(=O)Cc1ccccc1F. The maximum absolute atomic E-state index is 13.3. The van der Waals surface area contributed by atoms with E-state index in [4.69, 9.17) is 5.11 Å². The van der Waals surface area contributed by atoms with E-state index in [9.17, 15) is 13.4 Å². The third-order valence-electron chi connectivity index (χ3n) is 2.39. The standard InChI is InChI=1S/C12H15FO3S/c1-8(2)11(12(14)15)17(16)7-9-5-3-4-6-10(9)13/h3-6,8,11H,7H2,1-2H3,(H,14,15). The summed E-state index contributed by atoms with van der Waals surface area (Å²) in [4.78, 5) is 11.0. The largest absolute Gasteiger partial charge is 0.480 e. The highest BCUT2D eigenvalue weighted by Gasteiger charge is 2.28. The van der Waals surface area contributed by atoms with Crippen molar-refractivity contribution >= 4 is 16.8 Å². The lowest BCUT2D eigenvalue weighted by molar-refractivity contribution is -0.137. The average Bonchev–Trinajstić information content (AvgIpc) is 2.20. The van der Waals surface area contributed by atoms with Crippen LogP contribution in [0.1, 0.15) is 19.4 Å². The van der Waals surface area contributed by atoms with Gasteiger partial charge >= 0.3 is 5.97 Å². The molecule has 0 fully saturated rings. The smallest absolute Gasteiger partial charge is 0.319 e. The first-order valence-corrected chi connectivity index (χ1v) is 6.65. The van der Waals surface area contributed by atoms with Gasteiger partial charge in [0.05, 0.1) is 5.75 Å². The van der Waals surface area contributed by atoms with Crippen LogP contribution in [0.15, 0.2) is 24.3 Å². The Morgan fingerprint density at radius 1 is 1.41 bits per heavy atom. The minimum absolute atomic E-state index is 0.0676. The summed E-state index contributed by atoms with van der Waals surface area (Å²) in [5.41, 5.74) is 0.290. The highest BCUT2D eigenvalue weighted by atomic mass is 32.2. The van der Waals surface area contributed by atoms with Gasteiger partial charge in [0.15, 0.2) is 0 Å². The Balaban J connectivity index is 2.85. The van der Waals surface area contributed by atoms with Crippen LogP contribution in [0.3, 0.4) is 0 Å². The van der Waals surface area contributed by atoms with Crippen molar-refractivity contribution in [2.45, 2.75) is 24.9 Å². The van der Waals surface area contributed by atoms with Crippen molar-refractivity contribution in [3.63, 3.8) is 0 Å². The molecule has 1 N–H and O–H groups in total. The lowest BCUT2D eigenvalue weighted by Crippen LogP contribution is -2.31. The molecule has 0 aromatic heterocycles. The molecule has 1 aromatic carbocycles. The van der Waals surface area contributed by atoms with E-state index in [1.807, 2.05) is 0 Å². The average molecular weight is 258 g/mol. The zero-order chi connectivity index (χ0) is 13.0. The topological polar surface area (TPSA) is 54.4 Å². The van der Waals surface area contributed by atoms with E-state index in [0.29, 0.717) is 0 Å². The molecule has 0 aliphatic heterocycles. The number of carboxylic acids is 1. The molecule has 0 saturated carbocycles. The monoisotopic (exact) mass is 258 g/mol. The van der Waals surface area contributed by atoms with Gasteiger partial charge < -0.3 is 5.11 Å². The molecule has 0 amide bonds. The summed E-state index contributed by atoms with van der Waals surface area (Å²) in [5.74, 6) is -1.87. The molecule has 0 spiro atoms. The molecule has 0 radical (unpaired) electrons. The normalized spacial score (nSPS) is 14.6. The van der Waals surface area contributed by atoms with E-state index >= 15 is 0 Å². The fourth-order valence-corrected chi connectivity index (χ4v) is 3.11. The summed E-state index contributed by atoms with van der Waals surface area (Å²) >= 11 is 0. The van der Waals surface area contributed by atoms with Gasteiger partial charge in [-0.25, -0.2) is 4.39 Å². The Bertz CT molecular complexity index is 432. The van der Waals surface area contributed by atoms with E-state index < -0.39 is 27.8 Å². The van der Waals surface area contributed by atoms with Crippen LogP contribution in [0.4, 0.5) is 4.39 Å². The third-order valence-corrected chi connectivity index (χ3v) is 4.30. The van der Waals surface area contributed by atoms with E-state index in [1.54, 1.807) is 26.0 Å². The fourth-order valence-electron chi connectivity index (χ4n) is 1.56. The number of halogens is 1. The van der Waals surface area contributed by atoms with Crippen LogP contribution in [-0.4, -0.2) is 20.5 Å². The summed E-state index contributed by atoms with van der Waals surface area (Å²) in [6.45, 7) is 3.38. The van der Waals surface area contributed by atoms with Crippen LogP contribution in [0.5, 0.6) is 0 Å². The molecule has 2 atom stereocenters. The van der Waals surface area contributed by atoms with Crippen LogP contribution in [0.25, 0.3) is 0 Å². The molecule has 2 unspecified atom stereocenters. The van der Waals surface area contributed by atoms with Gasteiger partial charge in [0.2, 0.25) is 0 Å². The molecule has 0 aliphatic rings. The lowest BCUT2D eigenvalue weighted by atomic mass is 10.1. The van der Waals surface area contributed by atoms with Crippen molar-refractivity contribution in [3.05, 3.63) is 35.6 Å². The van der Waals surface area contributed by atoms with Gasteiger partial charge in [0, 0.05) is 16.4 Å². The molecule has 17 heavy (non-hydrogen) atoms. The van der Waals surface area contributed by atoms with Crippen LogP contribution < -0.4 is 0 Å². The minimum atomic E-state index is -1.62. The zero-order valence-electron chi connectivity index (χ0n) is 9.72. The Hall–Kier alpha value is -1.23. The van der Waals surface area contributed by atoms with Gasteiger partial charge in [0.25, 0.3) is 0 Å². The Morgan fingerprint density at radius 2 is 2.00 bits per heavy atom. The molecule has 94 valence electrons. The van der Waals surface area contributed by atoms with Crippen molar-refractivity contribution < 1.29 is 18.5 Å². The second-order valence-electron chi connectivity index (χ2n) is 4.12. The molecule has 0 aliphatic carbocycles. The number of rotatable bonds is 5. The fraction of sp³-hybridized carbons (Fsp3) is 0.417. The molecule has 5 heteroatoms. The Morgan fingerprint density at radius 3 is 2.47 bits per heavy atom. The van der Waals surface area contributed by atoms with Crippen molar-refractivity contribution in [3.8, 4) is 0 Å².